The number of nitrogens with zero attached hydrogens (tertiary/aromatic N) is 1. The predicted molar refractivity (Wildman–Crippen MR) is 61.4 cm³/mol. The molecular weight excluding hydrogens is 299 g/mol. The van der Waals surface area contributed by atoms with Gasteiger partial charge in [-0.25, -0.2) is 13.2 Å². The van der Waals surface area contributed by atoms with Crippen LogP contribution < -0.4 is 0 Å². The molecule has 0 aliphatic heterocycles. The monoisotopic (exact) mass is 307 g/mol. The van der Waals surface area contributed by atoms with Crippen LogP contribution in [-0.2, 0) is 20.1 Å². The normalized spacial score (nSPS) is 11.8. The van der Waals surface area contributed by atoms with Gasteiger partial charge in [-0.15, -0.1) is 0 Å². The fourth-order valence-electron chi connectivity index (χ4n) is 1.45. The van der Waals surface area contributed by atoms with Crippen LogP contribution in [0.15, 0.2) is 22.7 Å². The molecule has 0 spiro atoms. The molecule has 0 N–H and O–H groups in total. The molecule has 1 aromatic heterocycles. The molecule has 0 radical (unpaired) electrons. The Balaban J connectivity index is 2.34. The molecule has 1 heterocycles. The highest BCUT2D eigenvalue weighted by molar-refractivity contribution is 7.85. The fourth-order valence-corrected chi connectivity index (χ4v) is 2.06. The molecule has 0 atom stereocenters. The van der Waals surface area contributed by atoms with E-state index in [2.05, 4.69) is 9.34 Å². The minimum Gasteiger partial charge on any atom is -0.360 e. The van der Waals surface area contributed by atoms with Crippen LogP contribution in [0.1, 0.15) is 5.76 Å². The van der Waals surface area contributed by atoms with Crippen molar-refractivity contribution in [2.45, 2.75) is 5.75 Å². The van der Waals surface area contributed by atoms with Crippen LogP contribution in [0.3, 0.4) is 0 Å². The lowest BCUT2D eigenvalue weighted by molar-refractivity contribution is 0.372. The van der Waals surface area contributed by atoms with Crippen LogP contribution >= 0.6 is 0 Å². The number of rotatable bonds is 4. The highest BCUT2D eigenvalue weighted by atomic mass is 32.2. The van der Waals surface area contributed by atoms with Crippen molar-refractivity contribution in [3.8, 4) is 11.3 Å². The third-order valence-corrected chi connectivity index (χ3v) is 3.56. The number of halogens is 3. The second-order valence-electron chi connectivity index (χ2n) is 3.80. The summed E-state index contributed by atoms with van der Waals surface area (Å²) < 4.78 is 70.3. The summed E-state index contributed by atoms with van der Waals surface area (Å²) in [5.41, 5.74) is -0.102. The molecule has 0 unspecified atom stereocenters. The lowest BCUT2D eigenvalue weighted by Crippen LogP contribution is -2.04. The lowest BCUT2D eigenvalue weighted by Gasteiger charge is -1.98. The summed E-state index contributed by atoms with van der Waals surface area (Å²) in [6.07, 6.45) is 0. The average molecular weight is 307 g/mol. The molecule has 2 rings (SSSR count). The van der Waals surface area contributed by atoms with Crippen LogP contribution in [0, 0.1) is 17.5 Å². The molecule has 0 amide bonds. The van der Waals surface area contributed by atoms with Crippen molar-refractivity contribution < 1.29 is 30.3 Å². The van der Waals surface area contributed by atoms with E-state index in [0.717, 1.165) is 19.2 Å². The summed E-state index contributed by atoms with van der Waals surface area (Å²) in [5.74, 6) is -5.02. The first kappa shape index (κ1) is 14.5. The van der Waals surface area contributed by atoms with E-state index in [-0.39, 0.29) is 17.0 Å². The first-order valence-electron chi connectivity index (χ1n) is 5.21. The van der Waals surface area contributed by atoms with E-state index < -0.39 is 33.3 Å². The second-order valence-corrected chi connectivity index (χ2v) is 5.54. The van der Waals surface area contributed by atoms with E-state index in [1.807, 2.05) is 0 Å². The number of benzene rings is 1. The Kier molecular flexibility index (Phi) is 3.82. The molecule has 0 aliphatic carbocycles. The highest BCUT2D eigenvalue weighted by Gasteiger charge is 2.17. The first-order valence-corrected chi connectivity index (χ1v) is 6.79. The fraction of sp³-hybridized carbons (Fsp3) is 0.182. The zero-order valence-electron chi connectivity index (χ0n) is 10.1. The van der Waals surface area contributed by atoms with Crippen LogP contribution in [0.25, 0.3) is 11.3 Å². The Morgan fingerprint density at radius 2 is 1.80 bits per heavy atom. The van der Waals surface area contributed by atoms with Gasteiger partial charge in [0.15, 0.2) is 23.2 Å². The van der Waals surface area contributed by atoms with E-state index in [1.165, 1.54) is 6.07 Å². The van der Waals surface area contributed by atoms with Crippen molar-refractivity contribution in [2.75, 3.05) is 7.11 Å². The van der Waals surface area contributed by atoms with Crippen molar-refractivity contribution in [2.24, 2.45) is 0 Å². The average Bonchev–Trinajstić information content (AvgIpc) is 2.83. The van der Waals surface area contributed by atoms with Crippen molar-refractivity contribution in [3.63, 3.8) is 0 Å². The molecule has 0 fully saturated rings. The summed E-state index contributed by atoms with van der Waals surface area (Å²) in [5, 5.41) is 3.47. The maximum atomic E-state index is 13.1. The summed E-state index contributed by atoms with van der Waals surface area (Å²) in [6, 6.07) is 2.62. The standard InChI is InChI=1S/C11H8F3NO4S/c1-18-20(16,17)5-7-4-10(15-19-7)6-2-8(12)11(14)9(13)3-6/h2-4H,5H2,1H3. The quantitative estimate of drug-likeness (QED) is 0.640. The van der Waals surface area contributed by atoms with Gasteiger partial charge < -0.3 is 4.52 Å². The largest absolute Gasteiger partial charge is 0.360 e. The lowest BCUT2D eigenvalue weighted by atomic mass is 10.1. The Hall–Kier alpha value is -1.87. The molecular formula is C11H8F3NO4S. The topological polar surface area (TPSA) is 69.4 Å². The third kappa shape index (κ3) is 2.99. The Bertz CT molecular complexity index is 719. The molecule has 0 saturated heterocycles. The zero-order valence-corrected chi connectivity index (χ0v) is 10.9. The number of hydrogen-bond acceptors (Lipinski definition) is 5. The van der Waals surface area contributed by atoms with Gasteiger partial charge in [0.1, 0.15) is 11.4 Å². The molecule has 5 nitrogen and oxygen atoms in total. The summed E-state index contributed by atoms with van der Waals surface area (Å²) in [7, 11) is -2.82. The molecule has 0 bridgehead atoms. The van der Waals surface area contributed by atoms with Crippen LogP contribution in [-0.4, -0.2) is 20.7 Å². The van der Waals surface area contributed by atoms with Crippen molar-refractivity contribution in [1.82, 2.24) is 5.16 Å². The van der Waals surface area contributed by atoms with Gasteiger partial charge in [0, 0.05) is 11.6 Å². The molecule has 108 valence electrons. The Morgan fingerprint density at radius 1 is 1.20 bits per heavy atom. The number of hydrogen-bond donors (Lipinski definition) is 0. The van der Waals surface area contributed by atoms with Crippen LogP contribution in [0.2, 0.25) is 0 Å². The number of aromatic nitrogens is 1. The smallest absolute Gasteiger partial charge is 0.274 e. The summed E-state index contributed by atoms with van der Waals surface area (Å²) >= 11 is 0. The maximum absolute atomic E-state index is 13.1. The van der Waals surface area contributed by atoms with Gasteiger partial charge in [-0.2, -0.15) is 8.42 Å². The molecule has 0 aliphatic rings. The summed E-state index contributed by atoms with van der Waals surface area (Å²) in [6.45, 7) is 0. The Labute approximate surface area is 112 Å². The van der Waals surface area contributed by atoms with E-state index >= 15 is 0 Å². The minimum atomic E-state index is -3.81. The van der Waals surface area contributed by atoms with E-state index in [4.69, 9.17) is 4.52 Å². The van der Waals surface area contributed by atoms with Gasteiger partial charge in [0.2, 0.25) is 0 Å². The van der Waals surface area contributed by atoms with Crippen LogP contribution in [0.4, 0.5) is 13.2 Å². The van der Waals surface area contributed by atoms with Crippen LogP contribution in [0.5, 0.6) is 0 Å². The second kappa shape index (κ2) is 5.25. The van der Waals surface area contributed by atoms with Crippen molar-refractivity contribution in [1.29, 1.82) is 0 Å². The molecule has 2 aromatic rings. The van der Waals surface area contributed by atoms with Gasteiger partial charge in [0.05, 0.1) is 7.11 Å². The minimum absolute atomic E-state index is 0.0240. The maximum Gasteiger partial charge on any atom is 0.274 e. The van der Waals surface area contributed by atoms with E-state index in [1.54, 1.807) is 0 Å². The van der Waals surface area contributed by atoms with E-state index in [0.29, 0.717) is 0 Å². The van der Waals surface area contributed by atoms with E-state index in [9.17, 15) is 21.6 Å². The zero-order chi connectivity index (χ0) is 14.9. The van der Waals surface area contributed by atoms with Gasteiger partial charge in [-0.3, -0.25) is 4.18 Å². The van der Waals surface area contributed by atoms with Gasteiger partial charge >= 0.3 is 0 Å². The molecule has 1 aromatic carbocycles. The summed E-state index contributed by atoms with van der Waals surface area (Å²) in [4.78, 5) is 0. The predicted octanol–water partition coefficient (Wildman–Crippen LogP) is 2.24. The van der Waals surface area contributed by atoms with Crippen molar-refractivity contribution >= 4 is 10.1 Å². The SMILES string of the molecule is COS(=O)(=O)Cc1cc(-c2cc(F)c(F)c(F)c2)no1. The van der Waals surface area contributed by atoms with Gasteiger partial charge in [0.25, 0.3) is 10.1 Å². The molecule has 20 heavy (non-hydrogen) atoms. The van der Waals surface area contributed by atoms with Gasteiger partial charge in [-0.05, 0) is 12.1 Å². The van der Waals surface area contributed by atoms with Crippen molar-refractivity contribution in [3.05, 3.63) is 41.4 Å². The Morgan fingerprint density at radius 3 is 2.35 bits per heavy atom. The van der Waals surface area contributed by atoms with Gasteiger partial charge in [-0.1, -0.05) is 5.16 Å². The molecule has 0 saturated carbocycles. The molecule has 9 heteroatoms. The third-order valence-electron chi connectivity index (χ3n) is 2.41. The first-order chi connectivity index (χ1) is 9.32. The highest BCUT2D eigenvalue weighted by Crippen LogP contribution is 2.24.